The maximum atomic E-state index is 12.7. The average molecular weight is 300 g/mol. The summed E-state index contributed by atoms with van der Waals surface area (Å²) >= 11 is 0. The van der Waals surface area contributed by atoms with E-state index in [1.165, 1.54) is 38.9 Å². The van der Waals surface area contributed by atoms with Gasteiger partial charge in [-0.25, -0.2) is 0 Å². The number of hydrogen-bond donors (Lipinski definition) is 0. The van der Waals surface area contributed by atoms with Gasteiger partial charge in [0, 0.05) is 25.2 Å². The molecule has 1 aromatic carbocycles. The van der Waals surface area contributed by atoms with Crippen LogP contribution in [0.2, 0.25) is 0 Å². The van der Waals surface area contributed by atoms with Gasteiger partial charge in [-0.15, -0.1) is 0 Å². The molecule has 0 aromatic heterocycles. The first-order valence-corrected chi connectivity index (χ1v) is 8.80. The first kappa shape index (κ1) is 15.5. The van der Waals surface area contributed by atoms with E-state index in [0.717, 1.165) is 43.0 Å². The molecule has 1 amide bonds. The summed E-state index contributed by atoms with van der Waals surface area (Å²) in [6.07, 6.45) is 6.31. The van der Waals surface area contributed by atoms with Crippen molar-refractivity contribution < 1.29 is 4.79 Å². The van der Waals surface area contributed by atoms with Gasteiger partial charge >= 0.3 is 0 Å². The van der Waals surface area contributed by atoms with Gasteiger partial charge in [0.2, 0.25) is 0 Å². The Balaban J connectivity index is 1.56. The molecule has 120 valence electrons. The highest BCUT2D eigenvalue weighted by Crippen LogP contribution is 2.22. The minimum absolute atomic E-state index is 0.213. The van der Waals surface area contributed by atoms with Gasteiger partial charge in [-0.2, -0.15) is 0 Å². The maximum absolute atomic E-state index is 12.7. The Labute approximate surface area is 134 Å². The Hall–Kier alpha value is -1.35. The van der Waals surface area contributed by atoms with Crippen molar-refractivity contribution in [3.8, 4) is 0 Å². The number of benzene rings is 1. The van der Waals surface area contributed by atoms with Gasteiger partial charge in [0.15, 0.2) is 0 Å². The summed E-state index contributed by atoms with van der Waals surface area (Å²) in [5.74, 6) is 0.985. The third-order valence-electron chi connectivity index (χ3n) is 5.11. The largest absolute Gasteiger partial charge is 0.339 e. The highest BCUT2D eigenvalue weighted by Gasteiger charge is 2.23. The minimum atomic E-state index is 0.213. The van der Waals surface area contributed by atoms with E-state index < -0.39 is 0 Å². The monoisotopic (exact) mass is 300 g/mol. The molecule has 3 nitrogen and oxygen atoms in total. The van der Waals surface area contributed by atoms with E-state index in [1.54, 1.807) is 0 Å². The molecule has 2 heterocycles. The van der Waals surface area contributed by atoms with E-state index >= 15 is 0 Å². The zero-order valence-electron chi connectivity index (χ0n) is 13.8. The van der Waals surface area contributed by atoms with Crippen molar-refractivity contribution in [2.75, 3.05) is 32.7 Å². The van der Waals surface area contributed by atoms with Crippen LogP contribution >= 0.6 is 0 Å². The summed E-state index contributed by atoms with van der Waals surface area (Å²) in [7, 11) is 0. The number of hydrogen-bond acceptors (Lipinski definition) is 2. The van der Waals surface area contributed by atoms with Crippen LogP contribution in [0.1, 0.15) is 48.0 Å². The number of likely N-dealkylation sites (tertiary alicyclic amines) is 2. The van der Waals surface area contributed by atoms with Crippen LogP contribution in [0.3, 0.4) is 0 Å². The smallest absolute Gasteiger partial charge is 0.253 e. The highest BCUT2D eigenvalue weighted by atomic mass is 16.2. The van der Waals surface area contributed by atoms with Crippen molar-refractivity contribution in [3.05, 3.63) is 35.4 Å². The molecule has 1 aromatic rings. The van der Waals surface area contributed by atoms with Crippen molar-refractivity contribution in [1.82, 2.24) is 9.80 Å². The Morgan fingerprint density at radius 2 is 1.91 bits per heavy atom. The van der Waals surface area contributed by atoms with Crippen molar-refractivity contribution in [2.45, 2.75) is 39.0 Å². The molecule has 0 saturated carbocycles. The lowest BCUT2D eigenvalue weighted by Crippen LogP contribution is -2.32. The molecule has 1 unspecified atom stereocenters. The van der Waals surface area contributed by atoms with E-state index in [0.29, 0.717) is 0 Å². The predicted molar refractivity (Wildman–Crippen MR) is 90.1 cm³/mol. The summed E-state index contributed by atoms with van der Waals surface area (Å²) in [5.41, 5.74) is 2.01. The van der Waals surface area contributed by atoms with Crippen LogP contribution < -0.4 is 0 Å². The second-order valence-electron chi connectivity index (χ2n) is 6.97. The van der Waals surface area contributed by atoms with E-state index in [2.05, 4.69) is 9.80 Å². The van der Waals surface area contributed by atoms with Gasteiger partial charge < -0.3 is 9.80 Å². The summed E-state index contributed by atoms with van der Waals surface area (Å²) in [5, 5.41) is 0. The first-order valence-electron chi connectivity index (χ1n) is 8.80. The number of carbonyl (C=O) groups is 1. The Morgan fingerprint density at radius 3 is 2.68 bits per heavy atom. The molecule has 2 fully saturated rings. The van der Waals surface area contributed by atoms with Crippen LogP contribution in [-0.2, 0) is 0 Å². The molecule has 0 N–H and O–H groups in total. The second kappa shape index (κ2) is 7.28. The van der Waals surface area contributed by atoms with Crippen LogP contribution in [0.4, 0.5) is 0 Å². The fourth-order valence-electron chi connectivity index (χ4n) is 3.84. The molecule has 2 saturated heterocycles. The SMILES string of the molecule is Cc1cccc(C(=O)N2CCCC(CN3CCCC3)CC2)c1. The number of rotatable bonds is 3. The quantitative estimate of drug-likeness (QED) is 0.855. The summed E-state index contributed by atoms with van der Waals surface area (Å²) in [6, 6.07) is 7.98. The molecule has 3 rings (SSSR count). The normalized spacial score (nSPS) is 23.5. The van der Waals surface area contributed by atoms with E-state index in [9.17, 15) is 4.79 Å². The zero-order chi connectivity index (χ0) is 15.4. The molecule has 0 spiro atoms. The van der Waals surface area contributed by atoms with Gasteiger partial charge in [-0.3, -0.25) is 4.79 Å². The lowest BCUT2D eigenvalue weighted by Gasteiger charge is -2.23. The molecular formula is C19H28N2O. The third kappa shape index (κ3) is 3.89. The van der Waals surface area contributed by atoms with Crippen LogP contribution in [0.15, 0.2) is 24.3 Å². The van der Waals surface area contributed by atoms with Crippen molar-refractivity contribution in [2.24, 2.45) is 5.92 Å². The molecule has 0 radical (unpaired) electrons. The number of nitrogens with zero attached hydrogens (tertiary/aromatic N) is 2. The van der Waals surface area contributed by atoms with Gasteiger partial charge in [0.25, 0.3) is 5.91 Å². The average Bonchev–Trinajstić information content (AvgIpc) is 2.91. The van der Waals surface area contributed by atoms with E-state index in [1.807, 2.05) is 31.2 Å². The standard InChI is InChI=1S/C19H28N2O/c1-16-6-4-8-18(14-16)19(22)21-12-5-7-17(9-13-21)15-20-10-2-3-11-20/h4,6,8,14,17H,2-3,5,7,9-13,15H2,1H3. The Morgan fingerprint density at radius 1 is 1.09 bits per heavy atom. The molecule has 1 atom stereocenters. The lowest BCUT2D eigenvalue weighted by molar-refractivity contribution is 0.0759. The Bertz CT molecular complexity index is 508. The summed E-state index contributed by atoms with van der Waals surface area (Å²) < 4.78 is 0. The minimum Gasteiger partial charge on any atom is -0.339 e. The number of amides is 1. The predicted octanol–water partition coefficient (Wildman–Crippen LogP) is 3.33. The second-order valence-corrected chi connectivity index (χ2v) is 6.97. The lowest BCUT2D eigenvalue weighted by atomic mass is 10.0. The summed E-state index contributed by atoms with van der Waals surface area (Å²) in [4.78, 5) is 17.4. The molecule has 2 aliphatic heterocycles. The molecule has 22 heavy (non-hydrogen) atoms. The zero-order valence-corrected chi connectivity index (χ0v) is 13.8. The fourth-order valence-corrected chi connectivity index (χ4v) is 3.84. The topological polar surface area (TPSA) is 23.6 Å². The van der Waals surface area contributed by atoms with Crippen LogP contribution in [0, 0.1) is 12.8 Å². The van der Waals surface area contributed by atoms with Crippen LogP contribution in [0.25, 0.3) is 0 Å². The summed E-state index contributed by atoms with van der Waals surface area (Å²) in [6.45, 7) is 7.69. The van der Waals surface area contributed by atoms with Crippen molar-refractivity contribution in [1.29, 1.82) is 0 Å². The fraction of sp³-hybridized carbons (Fsp3) is 0.632. The molecule has 0 aliphatic carbocycles. The molecule has 0 bridgehead atoms. The molecular weight excluding hydrogens is 272 g/mol. The molecule has 2 aliphatic rings. The van der Waals surface area contributed by atoms with E-state index in [-0.39, 0.29) is 5.91 Å². The maximum Gasteiger partial charge on any atom is 0.253 e. The van der Waals surface area contributed by atoms with Crippen molar-refractivity contribution >= 4 is 5.91 Å². The first-order chi connectivity index (χ1) is 10.7. The number of carbonyl (C=O) groups excluding carboxylic acids is 1. The Kier molecular flexibility index (Phi) is 5.14. The molecule has 3 heteroatoms. The van der Waals surface area contributed by atoms with Crippen LogP contribution in [-0.4, -0.2) is 48.4 Å². The third-order valence-corrected chi connectivity index (χ3v) is 5.11. The van der Waals surface area contributed by atoms with Gasteiger partial charge in [0.05, 0.1) is 0 Å². The van der Waals surface area contributed by atoms with Gasteiger partial charge in [-0.05, 0) is 70.2 Å². The van der Waals surface area contributed by atoms with E-state index in [4.69, 9.17) is 0 Å². The van der Waals surface area contributed by atoms with Crippen LogP contribution in [0.5, 0.6) is 0 Å². The van der Waals surface area contributed by atoms with Gasteiger partial charge in [-0.1, -0.05) is 17.7 Å². The highest BCUT2D eigenvalue weighted by molar-refractivity contribution is 5.94. The number of aryl methyl sites for hydroxylation is 1. The van der Waals surface area contributed by atoms with Gasteiger partial charge in [0.1, 0.15) is 0 Å². The van der Waals surface area contributed by atoms with Crippen molar-refractivity contribution in [3.63, 3.8) is 0 Å².